The first-order valence-corrected chi connectivity index (χ1v) is 11.6. The molecule has 0 radical (unpaired) electrons. The van der Waals surface area contributed by atoms with Crippen molar-refractivity contribution in [3.8, 4) is 0 Å². The van der Waals surface area contributed by atoms with Gasteiger partial charge in [-0.05, 0) is 37.5 Å². The third kappa shape index (κ3) is 4.32. The number of pyridine rings is 1. The molecule has 1 aliphatic rings. The normalized spacial score (nSPS) is 15.6. The Balaban J connectivity index is 1.66. The molecule has 1 saturated carbocycles. The molecule has 1 amide bonds. The van der Waals surface area contributed by atoms with Crippen LogP contribution < -0.4 is 5.32 Å². The second kappa shape index (κ2) is 9.35. The van der Waals surface area contributed by atoms with Crippen molar-refractivity contribution < 1.29 is 9.18 Å². The standard InChI is InChI=1S/C22H24ClFN4OS/c1-2-19(21(29)26-14-6-3-4-7-14)28-20-12-25-11-10-18(20)27-22(28)30-13-15-16(23)8-5-9-17(15)24/h5,8-12,14,19H,2-4,6-7,13H2,1H3,(H,26,29). The summed E-state index contributed by atoms with van der Waals surface area (Å²) in [6, 6.07) is 6.34. The molecular weight excluding hydrogens is 423 g/mol. The van der Waals surface area contributed by atoms with Crippen molar-refractivity contribution in [1.82, 2.24) is 19.9 Å². The zero-order valence-electron chi connectivity index (χ0n) is 16.8. The van der Waals surface area contributed by atoms with Crippen molar-refractivity contribution >= 4 is 40.3 Å². The Bertz CT molecular complexity index is 1030. The predicted octanol–water partition coefficient (Wildman–Crippen LogP) is 5.53. The van der Waals surface area contributed by atoms with Crippen molar-refractivity contribution in [2.75, 3.05) is 0 Å². The average molecular weight is 447 g/mol. The Morgan fingerprint density at radius 3 is 2.90 bits per heavy atom. The molecule has 158 valence electrons. The van der Waals surface area contributed by atoms with E-state index >= 15 is 0 Å². The summed E-state index contributed by atoms with van der Waals surface area (Å²) in [5.74, 6) is -0.0215. The van der Waals surface area contributed by atoms with Gasteiger partial charge in [-0.3, -0.25) is 9.78 Å². The van der Waals surface area contributed by atoms with E-state index in [1.54, 1.807) is 24.5 Å². The van der Waals surface area contributed by atoms with Crippen LogP contribution in [0.2, 0.25) is 5.02 Å². The molecule has 0 spiro atoms. The summed E-state index contributed by atoms with van der Waals surface area (Å²) >= 11 is 7.57. The molecule has 0 saturated heterocycles. The minimum atomic E-state index is -0.404. The summed E-state index contributed by atoms with van der Waals surface area (Å²) in [6.07, 6.45) is 8.40. The monoisotopic (exact) mass is 446 g/mol. The highest BCUT2D eigenvalue weighted by Gasteiger charge is 2.27. The fraction of sp³-hybridized carbons (Fsp3) is 0.409. The molecule has 0 bridgehead atoms. The third-order valence-corrected chi connectivity index (χ3v) is 6.90. The van der Waals surface area contributed by atoms with E-state index in [-0.39, 0.29) is 17.8 Å². The highest BCUT2D eigenvalue weighted by molar-refractivity contribution is 7.98. The van der Waals surface area contributed by atoms with Gasteiger partial charge in [-0.1, -0.05) is 49.2 Å². The number of amides is 1. The van der Waals surface area contributed by atoms with Crippen molar-refractivity contribution in [3.63, 3.8) is 0 Å². The number of carbonyl (C=O) groups excluding carboxylic acids is 1. The molecule has 1 N–H and O–H groups in total. The van der Waals surface area contributed by atoms with E-state index in [0.717, 1.165) is 36.7 Å². The maximum atomic E-state index is 14.2. The lowest BCUT2D eigenvalue weighted by atomic mass is 10.1. The highest BCUT2D eigenvalue weighted by atomic mass is 35.5. The van der Waals surface area contributed by atoms with Crippen LogP contribution in [0.3, 0.4) is 0 Å². The topological polar surface area (TPSA) is 59.8 Å². The van der Waals surface area contributed by atoms with Gasteiger partial charge in [-0.15, -0.1) is 0 Å². The van der Waals surface area contributed by atoms with Crippen LogP contribution in [0.15, 0.2) is 41.8 Å². The van der Waals surface area contributed by atoms with Crippen LogP contribution in [0.25, 0.3) is 11.0 Å². The molecule has 1 atom stereocenters. The minimum Gasteiger partial charge on any atom is -0.352 e. The Morgan fingerprint density at radius 2 is 2.17 bits per heavy atom. The van der Waals surface area contributed by atoms with Gasteiger partial charge in [0.1, 0.15) is 11.9 Å². The number of nitrogens with one attached hydrogen (secondary N) is 1. The van der Waals surface area contributed by atoms with Gasteiger partial charge in [-0.25, -0.2) is 9.37 Å². The lowest BCUT2D eigenvalue weighted by molar-refractivity contribution is -0.125. The molecule has 1 aliphatic carbocycles. The summed E-state index contributed by atoms with van der Waals surface area (Å²) in [4.78, 5) is 22.1. The molecule has 1 fully saturated rings. The van der Waals surface area contributed by atoms with Crippen LogP contribution in [-0.2, 0) is 10.5 Å². The second-order valence-electron chi connectivity index (χ2n) is 7.53. The molecule has 2 heterocycles. The molecule has 30 heavy (non-hydrogen) atoms. The number of rotatable bonds is 7. The van der Waals surface area contributed by atoms with Crippen LogP contribution >= 0.6 is 23.4 Å². The summed E-state index contributed by atoms with van der Waals surface area (Å²) < 4.78 is 16.2. The number of carbonyl (C=O) groups is 1. The maximum Gasteiger partial charge on any atom is 0.243 e. The highest BCUT2D eigenvalue weighted by Crippen LogP contribution is 2.33. The van der Waals surface area contributed by atoms with Gasteiger partial charge in [-0.2, -0.15) is 0 Å². The van der Waals surface area contributed by atoms with Gasteiger partial charge in [0.2, 0.25) is 5.91 Å². The van der Waals surface area contributed by atoms with Crippen LogP contribution in [0.1, 0.15) is 50.6 Å². The molecule has 2 aromatic heterocycles. The van der Waals surface area contributed by atoms with Crippen LogP contribution in [0, 0.1) is 5.82 Å². The van der Waals surface area contributed by atoms with E-state index in [9.17, 15) is 9.18 Å². The zero-order valence-corrected chi connectivity index (χ0v) is 18.3. The summed E-state index contributed by atoms with van der Waals surface area (Å²) in [5, 5.41) is 4.25. The summed E-state index contributed by atoms with van der Waals surface area (Å²) in [6.45, 7) is 1.99. The molecule has 8 heteroatoms. The molecule has 1 aromatic carbocycles. The number of hydrogen-bond acceptors (Lipinski definition) is 4. The van der Waals surface area contributed by atoms with Gasteiger partial charge in [0.25, 0.3) is 0 Å². The fourth-order valence-corrected chi connectivity index (χ4v) is 5.39. The van der Waals surface area contributed by atoms with Gasteiger partial charge < -0.3 is 9.88 Å². The quantitative estimate of drug-likeness (QED) is 0.485. The number of benzene rings is 1. The first-order valence-electron chi connectivity index (χ1n) is 10.3. The Hall–Kier alpha value is -2.12. The van der Waals surface area contributed by atoms with Gasteiger partial charge in [0, 0.05) is 28.6 Å². The average Bonchev–Trinajstić information content (AvgIpc) is 3.36. The number of fused-ring (bicyclic) bond motifs is 1. The number of aromatic nitrogens is 3. The lowest BCUT2D eigenvalue weighted by Crippen LogP contribution is -2.38. The number of imidazole rings is 1. The fourth-order valence-electron chi connectivity index (χ4n) is 3.98. The largest absolute Gasteiger partial charge is 0.352 e. The van der Waals surface area contributed by atoms with Crippen LogP contribution in [-0.4, -0.2) is 26.5 Å². The lowest BCUT2D eigenvalue weighted by Gasteiger charge is -2.22. The van der Waals surface area contributed by atoms with E-state index in [0.29, 0.717) is 27.9 Å². The number of halogens is 2. The van der Waals surface area contributed by atoms with Crippen molar-refractivity contribution in [2.45, 2.75) is 62.0 Å². The van der Waals surface area contributed by atoms with Crippen LogP contribution in [0.4, 0.5) is 4.39 Å². The first kappa shape index (κ1) is 21.1. The third-order valence-electron chi connectivity index (χ3n) is 5.57. The van der Waals surface area contributed by atoms with Crippen molar-refractivity contribution in [2.24, 2.45) is 0 Å². The van der Waals surface area contributed by atoms with Crippen molar-refractivity contribution in [1.29, 1.82) is 0 Å². The van der Waals surface area contributed by atoms with Crippen molar-refractivity contribution in [3.05, 3.63) is 53.1 Å². The molecule has 1 unspecified atom stereocenters. The smallest absolute Gasteiger partial charge is 0.243 e. The van der Waals surface area contributed by atoms with E-state index in [1.807, 2.05) is 17.6 Å². The Labute approximate surface area is 184 Å². The summed E-state index contributed by atoms with van der Waals surface area (Å²) in [7, 11) is 0. The van der Waals surface area contributed by atoms with Gasteiger partial charge in [0.05, 0.1) is 17.2 Å². The maximum absolute atomic E-state index is 14.2. The number of hydrogen-bond donors (Lipinski definition) is 1. The van der Waals surface area contributed by atoms with Gasteiger partial charge in [0.15, 0.2) is 5.16 Å². The molecule has 5 nitrogen and oxygen atoms in total. The number of thioether (sulfide) groups is 1. The molecule has 0 aliphatic heterocycles. The number of nitrogens with zero attached hydrogens (tertiary/aromatic N) is 3. The molecule has 3 aromatic rings. The Kier molecular flexibility index (Phi) is 6.58. The molecular formula is C22H24ClFN4OS. The minimum absolute atomic E-state index is 0.00155. The van der Waals surface area contributed by atoms with E-state index in [4.69, 9.17) is 16.6 Å². The van der Waals surface area contributed by atoms with Gasteiger partial charge >= 0.3 is 0 Å². The second-order valence-corrected chi connectivity index (χ2v) is 8.88. The molecule has 4 rings (SSSR count). The zero-order chi connectivity index (χ0) is 21.1. The first-order chi connectivity index (χ1) is 14.6. The van der Waals surface area contributed by atoms with E-state index < -0.39 is 6.04 Å². The Morgan fingerprint density at radius 1 is 1.37 bits per heavy atom. The SMILES string of the molecule is CCC(C(=O)NC1CCCC1)n1c(SCc2c(F)cccc2Cl)nc2ccncc21. The van der Waals surface area contributed by atoms with Crippen LogP contribution in [0.5, 0.6) is 0 Å². The predicted molar refractivity (Wildman–Crippen MR) is 118 cm³/mol. The summed E-state index contributed by atoms with van der Waals surface area (Å²) in [5.41, 5.74) is 2.00. The van der Waals surface area contributed by atoms with E-state index in [1.165, 1.54) is 17.8 Å². The van der Waals surface area contributed by atoms with E-state index in [2.05, 4.69) is 10.3 Å².